The fraction of sp³-hybridized carbons (Fsp3) is 0.172. The summed E-state index contributed by atoms with van der Waals surface area (Å²) in [6.07, 6.45) is 2.76. The molecule has 0 aliphatic carbocycles. The third-order valence-corrected chi connectivity index (χ3v) is 6.84. The Morgan fingerprint density at radius 1 is 0.900 bits per heavy atom. The molecule has 0 bridgehead atoms. The smallest absolute Gasteiger partial charge is 0.148 e. The van der Waals surface area contributed by atoms with Gasteiger partial charge in [0, 0.05) is 29.4 Å². The number of rotatable bonds is 11. The van der Waals surface area contributed by atoms with Crippen molar-refractivity contribution in [3.05, 3.63) is 103 Å². The van der Waals surface area contributed by atoms with E-state index in [9.17, 15) is 8.42 Å². The topological polar surface area (TPSA) is 106 Å². The van der Waals surface area contributed by atoms with Crippen molar-refractivity contribution in [2.24, 2.45) is 0 Å². The van der Waals surface area contributed by atoms with Crippen LogP contribution in [0.15, 0.2) is 95.7 Å². The van der Waals surface area contributed by atoms with Gasteiger partial charge in [0.05, 0.1) is 17.8 Å². The lowest BCUT2D eigenvalue weighted by atomic mass is 10.1. The van der Waals surface area contributed by atoms with E-state index in [1.54, 1.807) is 0 Å². The molecule has 0 saturated carbocycles. The Kier molecular flexibility index (Phi) is 10.9. The molecule has 2 heterocycles. The van der Waals surface area contributed by atoms with Crippen LogP contribution in [0, 0.1) is 0 Å². The Balaban J connectivity index is 0.00000220. The second-order valence-electron chi connectivity index (χ2n) is 8.95. The Hall–Kier alpha value is -3.63. The van der Waals surface area contributed by atoms with Gasteiger partial charge in [-0.15, -0.1) is 24.8 Å². The van der Waals surface area contributed by atoms with Crippen molar-refractivity contribution in [2.45, 2.75) is 13.2 Å². The summed E-state index contributed by atoms with van der Waals surface area (Å²) in [6, 6.07) is 27.5. The molecular formula is C29H30Cl2N4O4S. The Morgan fingerprint density at radius 3 is 2.42 bits per heavy atom. The molecular weight excluding hydrogens is 571 g/mol. The summed E-state index contributed by atoms with van der Waals surface area (Å²) in [7, 11) is -3.00. The number of hydrogen-bond acceptors (Lipinski definition) is 8. The predicted octanol–water partition coefficient (Wildman–Crippen LogP) is 6.19. The summed E-state index contributed by atoms with van der Waals surface area (Å²) in [4.78, 5) is 8.87. The predicted molar refractivity (Wildman–Crippen MR) is 164 cm³/mol. The monoisotopic (exact) mass is 600 g/mol. The lowest BCUT2D eigenvalue weighted by Gasteiger charge is -2.11. The molecule has 0 aliphatic heterocycles. The Labute approximate surface area is 245 Å². The van der Waals surface area contributed by atoms with Crippen LogP contribution in [0.25, 0.3) is 22.2 Å². The average molecular weight is 602 g/mol. The molecule has 2 aromatic heterocycles. The number of fused-ring (bicyclic) bond motifs is 1. The molecule has 0 unspecified atom stereocenters. The number of halogens is 2. The minimum absolute atomic E-state index is 0. The van der Waals surface area contributed by atoms with E-state index in [-0.39, 0.29) is 30.6 Å². The van der Waals surface area contributed by atoms with Crippen molar-refractivity contribution in [1.82, 2.24) is 15.3 Å². The van der Waals surface area contributed by atoms with E-state index in [0.29, 0.717) is 31.3 Å². The summed E-state index contributed by atoms with van der Waals surface area (Å²) >= 11 is 0. The first-order valence-corrected chi connectivity index (χ1v) is 14.3. The molecule has 0 radical (unpaired) electrons. The molecule has 0 fully saturated rings. The molecule has 210 valence electrons. The maximum atomic E-state index is 11.3. The highest BCUT2D eigenvalue weighted by atomic mass is 35.5. The van der Waals surface area contributed by atoms with Crippen molar-refractivity contribution >= 4 is 57.1 Å². The van der Waals surface area contributed by atoms with Gasteiger partial charge >= 0.3 is 0 Å². The third kappa shape index (κ3) is 8.43. The largest absolute Gasteiger partial charge is 0.489 e. The van der Waals surface area contributed by atoms with Crippen molar-refractivity contribution in [3.63, 3.8) is 0 Å². The number of furan rings is 1. The molecule has 0 atom stereocenters. The summed E-state index contributed by atoms with van der Waals surface area (Å²) in [6.45, 7) is 1.33. The zero-order chi connectivity index (χ0) is 26.4. The molecule has 0 amide bonds. The van der Waals surface area contributed by atoms with Crippen molar-refractivity contribution < 1.29 is 17.6 Å². The second kappa shape index (κ2) is 14.1. The summed E-state index contributed by atoms with van der Waals surface area (Å²) in [5.41, 5.74) is 3.69. The van der Waals surface area contributed by atoms with Gasteiger partial charge in [-0.05, 0) is 60.2 Å². The Bertz CT molecular complexity index is 1630. The molecule has 40 heavy (non-hydrogen) atoms. The maximum Gasteiger partial charge on any atom is 0.148 e. The van der Waals surface area contributed by atoms with Gasteiger partial charge in [0.15, 0.2) is 0 Å². The van der Waals surface area contributed by atoms with E-state index < -0.39 is 9.84 Å². The molecule has 8 nitrogen and oxygen atoms in total. The van der Waals surface area contributed by atoms with Crippen molar-refractivity contribution in [2.75, 3.05) is 23.9 Å². The molecule has 5 rings (SSSR count). The number of ether oxygens (including phenoxy) is 1. The number of benzene rings is 3. The van der Waals surface area contributed by atoms with Crippen LogP contribution in [0.3, 0.4) is 0 Å². The lowest BCUT2D eigenvalue weighted by molar-refractivity contribution is 0.306. The van der Waals surface area contributed by atoms with Gasteiger partial charge in [0.2, 0.25) is 0 Å². The zero-order valence-corrected chi connectivity index (χ0v) is 24.2. The fourth-order valence-corrected chi connectivity index (χ4v) is 4.43. The van der Waals surface area contributed by atoms with Crippen LogP contribution < -0.4 is 15.4 Å². The van der Waals surface area contributed by atoms with Gasteiger partial charge in [0.1, 0.15) is 45.9 Å². The van der Waals surface area contributed by atoms with E-state index in [0.717, 1.165) is 39.2 Å². The maximum absolute atomic E-state index is 11.3. The fourth-order valence-electron chi connectivity index (χ4n) is 3.92. The van der Waals surface area contributed by atoms with Gasteiger partial charge in [-0.3, -0.25) is 0 Å². The molecule has 2 N–H and O–H groups in total. The SMILES string of the molecule is CS(=O)(=O)CCNCc1ccc(-c2ccc3ncnc(Nc4ccc(OCc5ccccc5)cc4)c3c2)o1.Cl.Cl. The van der Waals surface area contributed by atoms with Crippen LogP contribution in [0.2, 0.25) is 0 Å². The first-order valence-electron chi connectivity index (χ1n) is 12.2. The van der Waals surface area contributed by atoms with Crippen LogP contribution in [0.4, 0.5) is 11.5 Å². The van der Waals surface area contributed by atoms with Crippen LogP contribution in [0.5, 0.6) is 5.75 Å². The standard InChI is InChI=1S/C29H28N4O4S.2ClH/c1-38(34,35)16-15-30-18-25-12-14-28(37-25)22-7-13-27-26(17-22)29(32-20-31-27)33-23-8-10-24(11-9-23)36-19-21-5-3-2-4-6-21;;/h2-14,17,20,30H,15-16,18-19H2,1H3,(H,31,32,33);2*1H. The number of aromatic nitrogens is 2. The summed E-state index contributed by atoms with van der Waals surface area (Å²) in [5, 5.41) is 7.34. The lowest BCUT2D eigenvalue weighted by Crippen LogP contribution is -2.21. The van der Waals surface area contributed by atoms with E-state index in [1.165, 1.54) is 12.6 Å². The van der Waals surface area contributed by atoms with Crippen LogP contribution in [-0.4, -0.2) is 36.9 Å². The molecule has 3 aromatic carbocycles. The Morgan fingerprint density at radius 2 is 1.68 bits per heavy atom. The minimum atomic E-state index is -3.00. The quantitative estimate of drug-likeness (QED) is 0.173. The molecule has 5 aromatic rings. The van der Waals surface area contributed by atoms with Gasteiger partial charge in [-0.2, -0.15) is 0 Å². The number of nitrogens with zero attached hydrogens (tertiary/aromatic N) is 2. The van der Waals surface area contributed by atoms with Crippen LogP contribution in [-0.2, 0) is 23.0 Å². The first kappa shape index (κ1) is 30.9. The number of hydrogen-bond donors (Lipinski definition) is 2. The first-order chi connectivity index (χ1) is 18.4. The molecule has 0 spiro atoms. The van der Waals surface area contributed by atoms with Gasteiger partial charge in [-0.25, -0.2) is 18.4 Å². The molecule has 11 heteroatoms. The van der Waals surface area contributed by atoms with Gasteiger partial charge < -0.3 is 19.8 Å². The zero-order valence-electron chi connectivity index (χ0n) is 21.7. The summed E-state index contributed by atoms with van der Waals surface area (Å²) < 4.78 is 34.5. The normalized spacial score (nSPS) is 10.9. The molecule has 0 saturated heterocycles. The highest BCUT2D eigenvalue weighted by Gasteiger charge is 2.10. The average Bonchev–Trinajstić information content (AvgIpc) is 3.40. The number of anilines is 2. The highest BCUT2D eigenvalue weighted by Crippen LogP contribution is 2.30. The van der Waals surface area contributed by atoms with Crippen LogP contribution >= 0.6 is 24.8 Å². The minimum Gasteiger partial charge on any atom is -0.489 e. The summed E-state index contributed by atoms with van der Waals surface area (Å²) in [5.74, 6) is 3.00. The van der Waals surface area contributed by atoms with E-state index >= 15 is 0 Å². The number of sulfone groups is 1. The van der Waals surface area contributed by atoms with E-state index in [2.05, 4.69) is 20.6 Å². The van der Waals surface area contributed by atoms with E-state index in [1.807, 2.05) is 84.9 Å². The molecule has 0 aliphatic rings. The number of nitrogens with one attached hydrogen (secondary N) is 2. The van der Waals surface area contributed by atoms with Gasteiger partial charge in [0.25, 0.3) is 0 Å². The van der Waals surface area contributed by atoms with Crippen molar-refractivity contribution in [1.29, 1.82) is 0 Å². The van der Waals surface area contributed by atoms with Crippen molar-refractivity contribution in [3.8, 4) is 17.1 Å². The third-order valence-electron chi connectivity index (χ3n) is 5.90. The second-order valence-corrected chi connectivity index (χ2v) is 11.2. The van der Waals surface area contributed by atoms with E-state index in [4.69, 9.17) is 9.15 Å². The van der Waals surface area contributed by atoms with Crippen LogP contribution in [0.1, 0.15) is 11.3 Å². The highest BCUT2D eigenvalue weighted by molar-refractivity contribution is 7.90. The van der Waals surface area contributed by atoms with Gasteiger partial charge in [-0.1, -0.05) is 30.3 Å².